The van der Waals surface area contributed by atoms with E-state index >= 15 is 0 Å². The molecule has 2 rings (SSSR count). The fourth-order valence-electron chi connectivity index (χ4n) is 2.80. The molecule has 3 nitrogen and oxygen atoms in total. The number of nitrogens with one attached hydrogen (secondary N) is 1. The molecule has 1 saturated heterocycles. The number of piperazine rings is 1. The second-order valence-electron chi connectivity index (χ2n) is 6.76. The highest BCUT2D eigenvalue weighted by Crippen LogP contribution is 2.19. The molecule has 0 aliphatic carbocycles. The van der Waals surface area contributed by atoms with Crippen LogP contribution in [-0.2, 0) is 0 Å². The maximum Gasteiger partial charge on any atom is 0.0406 e. The van der Waals surface area contributed by atoms with Gasteiger partial charge in [-0.1, -0.05) is 23.7 Å². The molecule has 1 heterocycles. The number of nitrogens with zero attached hydrogens (tertiary/aromatic N) is 2. The van der Waals surface area contributed by atoms with Crippen LogP contribution in [0, 0.1) is 0 Å². The largest absolute Gasteiger partial charge is 0.308 e. The van der Waals surface area contributed by atoms with E-state index in [0.717, 1.165) is 37.7 Å². The van der Waals surface area contributed by atoms with Crippen molar-refractivity contribution in [2.24, 2.45) is 0 Å². The predicted molar refractivity (Wildman–Crippen MR) is 91.0 cm³/mol. The minimum absolute atomic E-state index is 0.182. The Bertz CT molecular complexity index is 436. The summed E-state index contributed by atoms with van der Waals surface area (Å²) in [6.45, 7) is 12.5. The van der Waals surface area contributed by atoms with Gasteiger partial charge in [0.25, 0.3) is 0 Å². The van der Waals surface area contributed by atoms with Crippen LogP contribution in [0.15, 0.2) is 24.3 Å². The molecule has 4 heteroatoms. The second-order valence-corrected chi connectivity index (χ2v) is 7.19. The van der Waals surface area contributed by atoms with Crippen LogP contribution >= 0.6 is 11.6 Å². The lowest BCUT2D eigenvalue weighted by molar-refractivity contribution is 0.0605. The molecule has 0 radical (unpaired) electrons. The smallest absolute Gasteiger partial charge is 0.0406 e. The zero-order chi connectivity index (χ0) is 15.5. The summed E-state index contributed by atoms with van der Waals surface area (Å²) in [7, 11) is 2.20. The molecule has 1 N–H and O–H groups in total. The van der Waals surface area contributed by atoms with E-state index in [1.54, 1.807) is 0 Å². The Morgan fingerprint density at radius 2 is 1.71 bits per heavy atom. The van der Waals surface area contributed by atoms with E-state index in [2.05, 4.69) is 55.1 Å². The summed E-state index contributed by atoms with van der Waals surface area (Å²) in [6, 6.07) is 8.46. The lowest BCUT2D eigenvalue weighted by Crippen LogP contribution is -2.57. The van der Waals surface area contributed by atoms with E-state index in [0.29, 0.717) is 6.04 Å². The first-order valence-corrected chi connectivity index (χ1v) is 8.19. The van der Waals surface area contributed by atoms with Crippen molar-refractivity contribution in [2.75, 3.05) is 39.8 Å². The van der Waals surface area contributed by atoms with E-state index in [9.17, 15) is 0 Å². The SMILES string of the molecule is CC(NCC(C)(C)N1CCN(C)CC1)c1ccc(Cl)cc1. The van der Waals surface area contributed by atoms with Crippen molar-refractivity contribution in [3.05, 3.63) is 34.9 Å². The average Bonchev–Trinajstić information content (AvgIpc) is 2.46. The van der Waals surface area contributed by atoms with E-state index in [1.807, 2.05) is 12.1 Å². The van der Waals surface area contributed by atoms with Crippen molar-refractivity contribution >= 4 is 11.6 Å². The molecule has 1 aromatic rings. The highest BCUT2D eigenvalue weighted by atomic mass is 35.5. The van der Waals surface area contributed by atoms with Gasteiger partial charge in [-0.2, -0.15) is 0 Å². The quantitative estimate of drug-likeness (QED) is 0.902. The minimum Gasteiger partial charge on any atom is -0.308 e. The molecular formula is C17H28ClN3. The Kier molecular flexibility index (Phi) is 5.67. The number of hydrogen-bond acceptors (Lipinski definition) is 3. The van der Waals surface area contributed by atoms with Crippen LogP contribution in [0.5, 0.6) is 0 Å². The Morgan fingerprint density at radius 1 is 1.14 bits per heavy atom. The Labute approximate surface area is 134 Å². The summed E-state index contributed by atoms with van der Waals surface area (Å²) in [5.41, 5.74) is 1.47. The molecule has 118 valence electrons. The third kappa shape index (κ3) is 4.68. The first-order chi connectivity index (χ1) is 9.88. The molecule has 1 aliphatic rings. The van der Waals surface area contributed by atoms with Crippen molar-refractivity contribution in [3.8, 4) is 0 Å². The van der Waals surface area contributed by atoms with Gasteiger partial charge in [0.2, 0.25) is 0 Å². The molecule has 0 amide bonds. The van der Waals surface area contributed by atoms with Crippen molar-refractivity contribution in [2.45, 2.75) is 32.4 Å². The molecule has 1 aromatic carbocycles. The number of halogens is 1. The highest BCUT2D eigenvalue weighted by molar-refractivity contribution is 6.30. The third-order valence-electron chi connectivity index (χ3n) is 4.57. The van der Waals surface area contributed by atoms with E-state index in [4.69, 9.17) is 11.6 Å². The van der Waals surface area contributed by atoms with E-state index in [-0.39, 0.29) is 5.54 Å². The molecule has 0 saturated carbocycles. The van der Waals surface area contributed by atoms with Crippen LogP contribution in [0.4, 0.5) is 0 Å². The maximum atomic E-state index is 5.95. The zero-order valence-electron chi connectivity index (χ0n) is 13.7. The van der Waals surface area contributed by atoms with Crippen LogP contribution in [0.3, 0.4) is 0 Å². The first-order valence-electron chi connectivity index (χ1n) is 7.81. The molecule has 1 fully saturated rings. The number of rotatable bonds is 5. The zero-order valence-corrected chi connectivity index (χ0v) is 14.5. The number of hydrogen-bond donors (Lipinski definition) is 1. The highest BCUT2D eigenvalue weighted by Gasteiger charge is 2.29. The molecule has 1 atom stereocenters. The monoisotopic (exact) mass is 309 g/mol. The standard InChI is InChI=1S/C17H28ClN3/c1-14(15-5-7-16(18)8-6-15)19-13-17(2,3)21-11-9-20(4)10-12-21/h5-8,14,19H,9-13H2,1-4H3. The van der Waals surface area contributed by atoms with E-state index in [1.165, 1.54) is 5.56 Å². The van der Waals surface area contributed by atoms with E-state index < -0.39 is 0 Å². The molecule has 1 unspecified atom stereocenters. The lowest BCUT2D eigenvalue weighted by atomic mass is 10.00. The van der Waals surface area contributed by atoms with Gasteiger partial charge in [0.15, 0.2) is 0 Å². The third-order valence-corrected chi connectivity index (χ3v) is 4.82. The average molecular weight is 310 g/mol. The fourth-order valence-corrected chi connectivity index (χ4v) is 2.92. The van der Waals surface area contributed by atoms with Gasteiger partial charge < -0.3 is 10.2 Å². The van der Waals surface area contributed by atoms with Gasteiger partial charge in [0.1, 0.15) is 0 Å². The second kappa shape index (κ2) is 7.10. The van der Waals surface area contributed by atoms with Crippen molar-refractivity contribution < 1.29 is 0 Å². The Balaban J connectivity index is 1.87. The van der Waals surface area contributed by atoms with Crippen LogP contribution in [-0.4, -0.2) is 55.1 Å². The van der Waals surface area contributed by atoms with Gasteiger partial charge in [0, 0.05) is 49.3 Å². The minimum atomic E-state index is 0.182. The van der Waals surface area contributed by atoms with Crippen molar-refractivity contribution in [1.82, 2.24) is 15.1 Å². The van der Waals surface area contributed by atoms with Crippen LogP contribution in [0.2, 0.25) is 5.02 Å². The Hall–Kier alpha value is -0.610. The fraction of sp³-hybridized carbons (Fsp3) is 0.647. The summed E-state index contributed by atoms with van der Waals surface area (Å²) in [4.78, 5) is 4.99. The van der Waals surface area contributed by atoms with Gasteiger partial charge in [-0.25, -0.2) is 0 Å². The van der Waals surface area contributed by atoms with Gasteiger partial charge >= 0.3 is 0 Å². The van der Waals surface area contributed by atoms with Crippen molar-refractivity contribution in [1.29, 1.82) is 0 Å². The molecule has 1 aliphatic heterocycles. The summed E-state index contributed by atoms with van der Waals surface area (Å²) < 4.78 is 0. The molecule has 0 aromatic heterocycles. The topological polar surface area (TPSA) is 18.5 Å². The van der Waals surface area contributed by atoms with Gasteiger partial charge in [-0.15, -0.1) is 0 Å². The normalized spacial score (nSPS) is 19.7. The molecular weight excluding hydrogens is 282 g/mol. The summed E-state index contributed by atoms with van der Waals surface area (Å²) >= 11 is 5.95. The number of benzene rings is 1. The summed E-state index contributed by atoms with van der Waals surface area (Å²) in [5, 5.41) is 4.46. The van der Waals surface area contributed by atoms with Gasteiger partial charge in [-0.3, -0.25) is 4.90 Å². The maximum absolute atomic E-state index is 5.95. The van der Waals surface area contributed by atoms with Gasteiger partial charge in [0.05, 0.1) is 0 Å². The Morgan fingerprint density at radius 3 is 2.29 bits per heavy atom. The molecule has 0 spiro atoms. The molecule has 21 heavy (non-hydrogen) atoms. The van der Waals surface area contributed by atoms with Crippen molar-refractivity contribution in [3.63, 3.8) is 0 Å². The summed E-state index contributed by atoms with van der Waals surface area (Å²) in [6.07, 6.45) is 0. The van der Waals surface area contributed by atoms with Gasteiger partial charge in [-0.05, 0) is 45.5 Å². The predicted octanol–water partition coefficient (Wildman–Crippen LogP) is 3.02. The molecule has 0 bridgehead atoms. The summed E-state index contributed by atoms with van der Waals surface area (Å²) in [5.74, 6) is 0. The first kappa shape index (κ1) is 16.8. The van der Waals surface area contributed by atoms with Crippen LogP contribution in [0.25, 0.3) is 0 Å². The lowest BCUT2D eigenvalue weighted by Gasteiger charge is -2.43. The van der Waals surface area contributed by atoms with Crippen LogP contribution in [0.1, 0.15) is 32.4 Å². The number of likely N-dealkylation sites (N-methyl/N-ethyl adjacent to an activating group) is 1. The van der Waals surface area contributed by atoms with Crippen LogP contribution < -0.4 is 5.32 Å².